The lowest BCUT2D eigenvalue weighted by molar-refractivity contribution is 0.0943. The van der Waals surface area contributed by atoms with E-state index in [9.17, 15) is 4.79 Å². The number of nitrogens with zero attached hydrogens (tertiary/aromatic N) is 5. The highest BCUT2D eigenvalue weighted by Gasteiger charge is 2.27. The molecule has 0 bridgehead atoms. The zero-order valence-electron chi connectivity index (χ0n) is 22.2. The van der Waals surface area contributed by atoms with Gasteiger partial charge in [-0.1, -0.05) is 11.6 Å². The smallest absolute Gasteiger partial charge is 0.253 e. The van der Waals surface area contributed by atoms with E-state index in [4.69, 9.17) is 11.6 Å². The molecule has 3 aromatic heterocycles. The second-order valence-corrected chi connectivity index (χ2v) is 10.4. The molecule has 1 aliphatic rings. The number of hydrogen-bond acceptors (Lipinski definition) is 6. The number of rotatable bonds is 9. The van der Waals surface area contributed by atoms with Gasteiger partial charge >= 0.3 is 0 Å². The molecule has 1 fully saturated rings. The number of anilines is 1. The maximum Gasteiger partial charge on any atom is 0.253 e. The van der Waals surface area contributed by atoms with Crippen LogP contribution in [0, 0.1) is 20.8 Å². The average molecular weight is 521 g/mol. The molecule has 0 spiro atoms. The first-order valence-electron chi connectivity index (χ1n) is 13.1. The number of aryl methyl sites for hydroxylation is 3. The lowest BCUT2D eigenvalue weighted by Crippen LogP contribution is -2.48. The van der Waals surface area contributed by atoms with Gasteiger partial charge in [0.2, 0.25) is 0 Å². The zero-order chi connectivity index (χ0) is 26.4. The molecular formula is C29H37ClN6O. The quantitative estimate of drug-likeness (QED) is 0.394. The molecule has 4 heterocycles. The molecule has 4 rings (SSSR count). The van der Waals surface area contributed by atoms with Crippen molar-refractivity contribution < 1.29 is 4.79 Å². The van der Waals surface area contributed by atoms with Gasteiger partial charge < -0.3 is 15.1 Å². The van der Waals surface area contributed by atoms with E-state index < -0.39 is 0 Å². The first-order valence-corrected chi connectivity index (χ1v) is 13.4. The third kappa shape index (κ3) is 6.84. The van der Waals surface area contributed by atoms with Crippen molar-refractivity contribution in [3.8, 4) is 0 Å². The summed E-state index contributed by atoms with van der Waals surface area (Å²) in [6, 6.07) is 8.80. The molecule has 196 valence electrons. The normalized spacial score (nSPS) is 15.4. The van der Waals surface area contributed by atoms with Crippen molar-refractivity contribution >= 4 is 23.2 Å². The summed E-state index contributed by atoms with van der Waals surface area (Å²) in [5.41, 5.74) is 5.80. The van der Waals surface area contributed by atoms with Crippen molar-refractivity contribution in [1.82, 2.24) is 25.2 Å². The topological polar surface area (TPSA) is 74.2 Å². The van der Waals surface area contributed by atoms with Gasteiger partial charge in [0.25, 0.3) is 5.91 Å². The molecule has 0 aliphatic carbocycles. The van der Waals surface area contributed by atoms with Crippen LogP contribution in [0.4, 0.5) is 5.69 Å². The first-order chi connectivity index (χ1) is 17.8. The van der Waals surface area contributed by atoms with Crippen molar-refractivity contribution in [1.29, 1.82) is 0 Å². The van der Waals surface area contributed by atoms with Crippen molar-refractivity contribution in [2.45, 2.75) is 65.6 Å². The number of amides is 1. The van der Waals surface area contributed by atoms with E-state index in [1.165, 1.54) is 11.1 Å². The number of hydrogen-bond donors (Lipinski definition) is 1. The Hall–Kier alpha value is -3.03. The Morgan fingerprint density at radius 3 is 2.57 bits per heavy atom. The van der Waals surface area contributed by atoms with Gasteiger partial charge in [-0.15, -0.1) is 0 Å². The Morgan fingerprint density at radius 2 is 1.89 bits per heavy atom. The SMILES string of the molecule is Cc1ccncc1CN(c1cccnc1)C1CCN(C(C)CCNC(=O)c2c(C)cc(Cl)nc2C)CC1. The van der Waals surface area contributed by atoms with Gasteiger partial charge in [0, 0.05) is 56.9 Å². The molecule has 3 aromatic rings. The number of carbonyl (C=O) groups excluding carboxylic acids is 1. The molecular weight excluding hydrogens is 484 g/mol. The molecule has 1 atom stereocenters. The Balaban J connectivity index is 1.32. The molecule has 1 saturated heterocycles. The van der Waals surface area contributed by atoms with Crippen LogP contribution in [-0.2, 0) is 6.54 Å². The Morgan fingerprint density at radius 1 is 1.14 bits per heavy atom. The van der Waals surface area contributed by atoms with Crippen LogP contribution >= 0.6 is 11.6 Å². The number of pyridine rings is 3. The van der Waals surface area contributed by atoms with Crippen LogP contribution in [0.3, 0.4) is 0 Å². The summed E-state index contributed by atoms with van der Waals surface area (Å²) in [7, 11) is 0. The fourth-order valence-corrected chi connectivity index (χ4v) is 5.52. The van der Waals surface area contributed by atoms with E-state index in [0.717, 1.165) is 50.1 Å². The predicted octanol–water partition coefficient (Wildman–Crippen LogP) is 5.13. The Bertz CT molecular complexity index is 1170. The molecule has 1 unspecified atom stereocenters. The summed E-state index contributed by atoms with van der Waals surface area (Å²) in [6.07, 6.45) is 10.7. The van der Waals surface area contributed by atoms with Crippen LogP contribution in [0.2, 0.25) is 5.15 Å². The predicted molar refractivity (Wildman–Crippen MR) is 149 cm³/mol. The van der Waals surface area contributed by atoms with E-state index in [-0.39, 0.29) is 5.91 Å². The molecule has 1 aliphatic heterocycles. The van der Waals surface area contributed by atoms with E-state index in [1.807, 2.05) is 44.7 Å². The first kappa shape index (κ1) is 27.0. The van der Waals surface area contributed by atoms with Crippen LogP contribution in [0.15, 0.2) is 49.1 Å². The second-order valence-electron chi connectivity index (χ2n) is 10.0. The third-order valence-corrected chi connectivity index (χ3v) is 7.66. The summed E-state index contributed by atoms with van der Waals surface area (Å²) in [5, 5.41) is 3.50. The summed E-state index contributed by atoms with van der Waals surface area (Å²) in [4.78, 5) is 30.8. The highest BCUT2D eigenvalue weighted by Crippen LogP contribution is 2.27. The number of piperidine rings is 1. The van der Waals surface area contributed by atoms with Crippen LogP contribution < -0.4 is 10.2 Å². The lowest BCUT2D eigenvalue weighted by Gasteiger charge is -2.42. The largest absolute Gasteiger partial charge is 0.363 e. The van der Waals surface area contributed by atoms with E-state index in [2.05, 4.69) is 56.0 Å². The standard InChI is InChI=1S/C29H37ClN6O/c1-20-7-12-32-17-24(20)19-36(26-6-5-11-31-18-26)25-9-14-35(15-10-25)22(3)8-13-33-29(37)28-21(2)16-27(30)34-23(28)4/h5-7,11-12,16-18,22,25H,8-10,13-15,19H2,1-4H3,(H,33,37). The minimum atomic E-state index is -0.0807. The van der Waals surface area contributed by atoms with Crippen LogP contribution in [0.25, 0.3) is 0 Å². The van der Waals surface area contributed by atoms with Crippen LogP contribution in [-0.4, -0.2) is 57.5 Å². The Labute approximate surface area is 225 Å². The van der Waals surface area contributed by atoms with Gasteiger partial charge in [-0.2, -0.15) is 0 Å². The lowest BCUT2D eigenvalue weighted by atomic mass is 9.99. The summed E-state index contributed by atoms with van der Waals surface area (Å²) in [5.74, 6) is -0.0807. The van der Waals surface area contributed by atoms with Gasteiger partial charge in [-0.05, 0) is 87.9 Å². The number of carbonyl (C=O) groups is 1. The minimum Gasteiger partial charge on any atom is -0.363 e. The maximum atomic E-state index is 12.8. The monoisotopic (exact) mass is 520 g/mol. The molecule has 1 N–H and O–H groups in total. The Kier molecular flexibility index (Phi) is 9.11. The fraction of sp³-hybridized carbons (Fsp3) is 0.448. The van der Waals surface area contributed by atoms with Crippen LogP contribution in [0.5, 0.6) is 0 Å². The highest BCUT2D eigenvalue weighted by molar-refractivity contribution is 6.29. The van der Waals surface area contributed by atoms with Crippen molar-refractivity contribution in [2.24, 2.45) is 0 Å². The summed E-state index contributed by atoms with van der Waals surface area (Å²) in [6.45, 7) is 11.6. The van der Waals surface area contributed by atoms with Crippen molar-refractivity contribution in [3.05, 3.63) is 82.2 Å². The number of halogens is 1. The molecule has 0 saturated carbocycles. The van der Waals surface area contributed by atoms with Gasteiger partial charge in [-0.3, -0.25) is 14.8 Å². The average Bonchev–Trinajstić information content (AvgIpc) is 2.88. The van der Waals surface area contributed by atoms with Crippen LogP contribution in [0.1, 0.15) is 58.9 Å². The van der Waals surface area contributed by atoms with Gasteiger partial charge in [0.1, 0.15) is 5.15 Å². The zero-order valence-corrected chi connectivity index (χ0v) is 23.0. The second kappa shape index (κ2) is 12.5. The highest BCUT2D eigenvalue weighted by atomic mass is 35.5. The van der Waals surface area contributed by atoms with Gasteiger partial charge in [0.05, 0.1) is 23.1 Å². The molecule has 1 amide bonds. The van der Waals surface area contributed by atoms with E-state index in [1.54, 1.807) is 6.07 Å². The molecule has 37 heavy (non-hydrogen) atoms. The number of aromatic nitrogens is 3. The summed E-state index contributed by atoms with van der Waals surface area (Å²) < 4.78 is 0. The maximum absolute atomic E-state index is 12.8. The minimum absolute atomic E-state index is 0.0807. The molecule has 8 heteroatoms. The fourth-order valence-electron chi connectivity index (χ4n) is 5.23. The summed E-state index contributed by atoms with van der Waals surface area (Å²) >= 11 is 6.01. The van der Waals surface area contributed by atoms with E-state index >= 15 is 0 Å². The number of nitrogens with one attached hydrogen (secondary N) is 1. The van der Waals surface area contributed by atoms with Gasteiger partial charge in [0.15, 0.2) is 0 Å². The van der Waals surface area contributed by atoms with Crippen molar-refractivity contribution in [3.63, 3.8) is 0 Å². The van der Waals surface area contributed by atoms with E-state index in [0.29, 0.717) is 35.0 Å². The molecule has 0 aromatic carbocycles. The molecule has 0 radical (unpaired) electrons. The molecule has 7 nitrogen and oxygen atoms in total. The third-order valence-electron chi connectivity index (χ3n) is 7.47. The van der Waals surface area contributed by atoms with Crippen molar-refractivity contribution in [2.75, 3.05) is 24.5 Å². The van der Waals surface area contributed by atoms with Gasteiger partial charge in [-0.25, -0.2) is 4.98 Å². The number of likely N-dealkylation sites (tertiary alicyclic amines) is 1.